The molecular formula is C19H23N3O. The summed E-state index contributed by atoms with van der Waals surface area (Å²) in [6.07, 6.45) is 9.20. The molecule has 1 fully saturated rings. The van der Waals surface area contributed by atoms with Crippen molar-refractivity contribution in [2.24, 2.45) is 0 Å². The fourth-order valence-corrected chi connectivity index (χ4v) is 4.10. The van der Waals surface area contributed by atoms with Crippen molar-refractivity contribution >= 4 is 5.91 Å². The maximum absolute atomic E-state index is 13.1. The lowest BCUT2D eigenvalue weighted by Gasteiger charge is -2.36. The van der Waals surface area contributed by atoms with Gasteiger partial charge < -0.3 is 4.90 Å². The van der Waals surface area contributed by atoms with Crippen LogP contribution in [0.5, 0.6) is 0 Å². The quantitative estimate of drug-likeness (QED) is 0.854. The Bertz CT molecular complexity index is 680. The number of likely N-dealkylation sites (tertiary alicyclic amines) is 1. The maximum atomic E-state index is 13.1. The Morgan fingerprint density at radius 1 is 1.13 bits per heavy atom. The van der Waals surface area contributed by atoms with E-state index in [2.05, 4.69) is 34.3 Å². The van der Waals surface area contributed by atoms with Crippen molar-refractivity contribution in [1.29, 1.82) is 0 Å². The molecule has 2 aliphatic rings. The van der Waals surface area contributed by atoms with Gasteiger partial charge in [-0.1, -0.05) is 24.3 Å². The van der Waals surface area contributed by atoms with Crippen LogP contribution < -0.4 is 0 Å². The predicted octanol–water partition coefficient (Wildman–Crippen LogP) is 3.17. The van der Waals surface area contributed by atoms with Gasteiger partial charge in [0.15, 0.2) is 0 Å². The zero-order chi connectivity index (χ0) is 15.6. The monoisotopic (exact) mass is 309 g/mol. The van der Waals surface area contributed by atoms with Crippen LogP contribution in [-0.4, -0.2) is 33.7 Å². The largest absolute Gasteiger partial charge is 0.340 e. The van der Waals surface area contributed by atoms with E-state index in [9.17, 15) is 4.79 Å². The van der Waals surface area contributed by atoms with Crippen LogP contribution in [0.15, 0.2) is 42.7 Å². The van der Waals surface area contributed by atoms with Crippen LogP contribution in [0.1, 0.15) is 48.8 Å². The van der Waals surface area contributed by atoms with E-state index in [1.54, 1.807) is 0 Å². The van der Waals surface area contributed by atoms with Crippen molar-refractivity contribution in [2.45, 2.75) is 44.1 Å². The topological polar surface area (TPSA) is 38.1 Å². The van der Waals surface area contributed by atoms with Crippen molar-refractivity contribution in [2.75, 3.05) is 13.1 Å². The smallest absolute Gasteiger partial charge is 0.230 e. The highest BCUT2D eigenvalue weighted by Crippen LogP contribution is 2.34. The number of carbonyl (C=O) groups excluding carboxylic acids is 1. The molecule has 1 aromatic carbocycles. The normalized spacial score (nSPS) is 24.3. The Morgan fingerprint density at radius 3 is 2.91 bits per heavy atom. The second kappa shape index (κ2) is 6.19. The van der Waals surface area contributed by atoms with Gasteiger partial charge in [-0.3, -0.25) is 9.48 Å². The third kappa shape index (κ3) is 2.78. The summed E-state index contributed by atoms with van der Waals surface area (Å²) < 4.78 is 2.01. The molecule has 1 aromatic heterocycles. The van der Waals surface area contributed by atoms with E-state index < -0.39 is 0 Å². The third-order valence-electron chi connectivity index (χ3n) is 5.27. The number of hydrogen-bond acceptors (Lipinski definition) is 2. The number of benzene rings is 1. The highest BCUT2D eigenvalue weighted by Gasteiger charge is 2.32. The first-order valence-electron chi connectivity index (χ1n) is 8.68. The molecule has 0 saturated carbocycles. The fraction of sp³-hybridized carbons (Fsp3) is 0.474. The summed E-state index contributed by atoms with van der Waals surface area (Å²) in [6, 6.07) is 10.7. The lowest BCUT2D eigenvalue weighted by Crippen LogP contribution is -2.43. The van der Waals surface area contributed by atoms with Gasteiger partial charge >= 0.3 is 0 Å². The number of amides is 1. The number of piperidine rings is 1. The van der Waals surface area contributed by atoms with Crippen LogP contribution in [0, 0.1) is 0 Å². The predicted molar refractivity (Wildman–Crippen MR) is 89.2 cm³/mol. The van der Waals surface area contributed by atoms with Gasteiger partial charge in [0.1, 0.15) is 0 Å². The van der Waals surface area contributed by atoms with Gasteiger partial charge in [0, 0.05) is 25.5 Å². The van der Waals surface area contributed by atoms with Crippen molar-refractivity contribution in [3.63, 3.8) is 0 Å². The molecule has 0 N–H and O–H groups in total. The van der Waals surface area contributed by atoms with E-state index >= 15 is 0 Å². The fourth-order valence-electron chi connectivity index (χ4n) is 4.10. The lowest BCUT2D eigenvalue weighted by molar-refractivity contribution is -0.134. The van der Waals surface area contributed by atoms with Crippen LogP contribution in [0.3, 0.4) is 0 Å². The summed E-state index contributed by atoms with van der Waals surface area (Å²) >= 11 is 0. The molecule has 1 aliphatic carbocycles. The first kappa shape index (κ1) is 14.5. The summed E-state index contributed by atoms with van der Waals surface area (Å²) in [6.45, 7) is 1.68. The minimum absolute atomic E-state index is 0.0521. The van der Waals surface area contributed by atoms with Gasteiger partial charge in [-0.25, -0.2) is 0 Å². The van der Waals surface area contributed by atoms with Crippen LogP contribution >= 0.6 is 0 Å². The molecule has 4 nitrogen and oxygen atoms in total. The Balaban J connectivity index is 1.53. The van der Waals surface area contributed by atoms with Crippen molar-refractivity contribution in [1.82, 2.24) is 14.7 Å². The summed E-state index contributed by atoms with van der Waals surface area (Å²) in [5.74, 6) is 0.366. The highest BCUT2D eigenvalue weighted by atomic mass is 16.2. The summed E-state index contributed by atoms with van der Waals surface area (Å²) in [5, 5.41) is 4.36. The minimum atomic E-state index is 0.0521. The maximum Gasteiger partial charge on any atom is 0.230 e. The number of nitrogens with zero attached hydrogens (tertiary/aromatic N) is 3. The summed E-state index contributed by atoms with van der Waals surface area (Å²) in [4.78, 5) is 15.2. The molecule has 2 aromatic rings. The Kier molecular flexibility index (Phi) is 3.90. The third-order valence-corrected chi connectivity index (χ3v) is 5.27. The van der Waals surface area contributed by atoms with E-state index in [-0.39, 0.29) is 5.92 Å². The SMILES string of the molecule is O=C([C@@H]1CCCc2ccccc21)N1CCC[C@@H](n2cccn2)C1. The molecule has 1 aliphatic heterocycles. The van der Waals surface area contributed by atoms with Crippen LogP contribution in [0.2, 0.25) is 0 Å². The standard InChI is InChI=1S/C19H23N3O/c23-19(18-10-3-7-15-6-1-2-9-17(15)18)21-12-4-8-16(14-21)22-13-5-11-20-22/h1-2,5-6,9,11,13,16,18H,3-4,7-8,10,12,14H2/t16-,18-/m1/s1. The molecule has 4 heteroatoms. The van der Waals surface area contributed by atoms with Crippen LogP contribution in [-0.2, 0) is 11.2 Å². The molecule has 23 heavy (non-hydrogen) atoms. The molecule has 0 radical (unpaired) electrons. The molecule has 120 valence electrons. The number of hydrogen-bond donors (Lipinski definition) is 0. The average molecular weight is 309 g/mol. The lowest BCUT2D eigenvalue weighted by atomic mass is 9.82. The number of carbonyl (C=O) groups is 1. The van der Waals surface area contributed by atoms with Gasteiger partial charge in [0.25, 0.3) is 0 Å². The first-order valence-corrected chi connectivity index (χ1v) is 8.68. The minimum Gasteiger partial charge on any atom is -0.340 e. The molecule has 4 rings (SSSR count). The molecule has 1 saturated heterocycles. The van der Waals surface area contributed by atoms with Gasteiger partial charge in [-0.2, -0.15) is 5.10 Å². The second-order valence-electron chi connectivity index (χ2n) is 6.71. The average Bonchev–Trinajstić information content (AvgIpc) is 3.15. The van der Waals surface area contributed by atoms with E-state index in [1.807, 2.05) is 23.1 Å². The Hall–Kier alpha value is -2.10. The van der Waals surface area contributed by atoms with E-state index in [1.165, 1.54) is 11.1 Å². The Labute approximate surface area is 137 Å². The highest BCUT2D eigenvalue weighted by molar-refractivity contribution is 5.84. The van der Waals surface area contributed by atoms with E-state index in [0.29, 0.717) is 11.9 Å². The summed E-state index contributed by atoms with van der Waals surface area (Å²) in [7, 11) is 0. The van der Waals surface area contributed by atoms with Gasteiger partial charge in [-0.15, -0.1) is 0 Å². The van der Waals surface area contributed by atoms with Gasteiger partial charge in [0.05, 0.1) is 12.0 Å². The molecule has 2 heterocycles. The van der Waals surface area contributed by atoms with Crippen molar-refractivity contribution in [3.05, 3.63) is 53.9 Å². The second-order valence-corrected chi connectivity index (χ2v) is 6.71. The molecule has 0 unspecified atom stereocenters. The number of rotatable bonds is 2. The Morgan fingerprint density at radius 2 is 2.04 bits per heavy atom. The number of fused-ring (bicyclic) bond motifs is 1. The van der Waals surface area contributed by atoms with Crippen LogP contribution in [0.25, 0.3) is 0 Å². The molecular weight excluding hydrogens is 286 g/mol. The molecule has 0 spiro atoms. The van der Waals surface area contributed by atoms with Crippen molar-refractivity contribution < 1.29 is 4.79 Å². The number of aryl methyl sites for hydroxylation is 1. The molecule has 2 atom stereocenters. The zero-order valence-electron chi connectivity index (χ0n) is 13.4. The van der Waals surface area contributed by atoms with E-state index in [0.717, 1.165) is 45.2 Å². The first-order chi connectivity index (χ1) is 11.3. The van der Waals surface area contributed by atoms with Gasteiger partial charge in [-0.05, 0) is 49.3 Å². The zero-order valence-corrected chi connectivity index (χ0v) is 13.4. The van der Waals surface area contributed by atoms with Crippen LogP contribution in [0.4, 0.5) is 0 Å². The van der Waals surface area contributed by atoms with Gasteiger partial charge in [0.2, 0.25) is 5.91 Å². The van der Waals surface area contributed by atoms with Crippen molar-refractivity contribution in [3.8, 4) is 0 Å². The summed E-state index contributed by atoms with van der Waals surface area (Å²) in [5.41, 5.74) is 2.61. The molecule has 1 amide bonds. The molecule has 0 bridgehead atoms. The number of aromatic nitrogens is 2. The van der Waals surface area contributed by atoms with E-state index in [4.69, 9.17) is 0 Å².